The number of thiophene rings is 1. The van der Waals surface area contributed by atoms with Crippen molar-refractivity contribution in [2.75, 3.05) is 18.4 Å². The molecule has 1 saturated heterocycles. The van der Waals surface area contributed by atoms with Crippen molar-refractivity contribution in [3.63, 3.8) is 0 Å². The van der Waals surface area contributed by atoms with Crippen LogP contribution >= 0.6 is 11.3 Å². The standard InChI is InChI=1S/C13H18N4S/c1-9-7-11-12(16-8-17-13(11)18-9)15-6-4-10-3-2-5-14-10/h7-8,10,14H,2-6H2,1H3,(H,15,16,17). The maximum atomic E-state index is 4.35. The van der Waals surface area contributed by atoms with Crippen molar-refractivity contribution < 1.29 is 0 Å². The third kappa shape index (κ3) is 2.47. The van der Waals surface area contributed by atoms with Crippen LogP contribution in [-0.2, 0) is 0 Å². The zero-order chi connectivity index (χ0) is 12.4. The van der Waals surface area contributed by atoms with Crippen LogP contribution in [0.4, 0.5) is 5.82 Å². The van der Waals surface area contributed by atoms with Gasteiger partial charge in [0.1, 0.15) is 17.0 Å². The second kappa shape index (κ2) is 5.20. The van der Waals surface area contributed by atoms with Gasteiger partial charge in [0.2, 0.25) is 0 Å². The fourth-order valence-corrected chi connectivity index (χ4v) is 3.33. The van der Waals surface area contributed by atoms with E-state index in [1.807, 2.05) is 0 Å². The Bertz CT molecular complexity index is 531. The molecule has 0 aromatic carbocycles. The first kappa shape index (κ1) is 11.9. The van der Waals surface area contributed by atoms with Crippen molar-refractivity contribution in [2.24, 2.45) is 0 Å². The van der Waals surface area contributed by atoms with E-state index in [0.717, 1.165) is 29.0 Å². The minimum Gasteiger partial charge on any atom is -0.369 e. The van der Waals surface area contributed by atoms with Gasteiger partial charge in [-0.2, -0.15) is 0 Å². The molecule has 4 nitrogen and oxygen atoms in total. The summed E-state index contributed by atoms with van der Waals surface area (Å²) >= 11 is 1.72. The first-order valence-electron chi connectivity index (χ1n) is 6.51. The lowest BCUT2D eigenvalue weighted by Gasteiger charge is -2.11. The van der Waals surface area contributed by atoms with Crippen LogP contribution in [0.15, 0.2) is 12.4 Å². The lowest BCUT2D eigenvalue weighted by Crippen LogP contribution is -2.24. The molecule has 0 bridgehead atoms. The van der Waals surface area contributed by atoms with E-state index in [4.69, 9.17) is 0 Å². The Morgan fingerprint density at radius 2 is 2.44 bits per heavy atom. The van der Waals surface area contributed by atoms with E-state index in [9.17, 15) is 0 Å². The third-order valence-electron chi connectivity index (χ3n) is 3.40. The maximum Gasteiger partial charge on any atom is 0.138 e. The van der Waals surface area contributed by atoms with E-state index in [1.165, 1.54) is 24.3 Å². The monoisotopic (exact) mass is 262 g/mol. The van der Waals surface area contributed by atoms with Gasteiger partial charge in [-0.15, -0.1) is 11.3 Å². The molecule has 3 rings (SSSR count). The zero-order valence-corrected chi connectivity index (χ0v) is 11.4. The van der Waals surface area contributed by atoms with Crippen molar-refractivity contribution in [1.29, 1.82) is 0 Å². The van der Waals surface area contributed by atoms with Gasteiger partial charge in [0.25, 0.3) is 0 Å². The molecular weight excluding hydrogens is 244 g/mol. The predicted octanol–water partition coefficient (Wildman–Crippen LogP) is 2.55. The molecule has 0 spiro atoms. The Morgan fingerprint density at radius 3 is 3.28 bits per heavy atom. The SMILES string of the molecule is Cc1cc2c(NCCC3CCCN3)ncnc2s1. The summed E-state index contributed by atoms with van der Waals surface area (Å²) in [5, 5.41) is 8.11. The molecule has 18 heavy (non-hydrogen) atoms. The summed E-state index contributed by atoms with van der Waals surface area (Å²) in [5.41, 5.74) is 0. The fourth-order valence-electron chi connectivity index (χ4n) is 2.48. The Labute approximate surface area is 111 Å². The van der Waals surface area contributed by atoms with Gasteiger partial charge in [-0.05, 0) is 38.8 Å². The molecule has 1 aliphatic rings. The smallest absolute Gasteiger partial charge is 0.138 e. The van der Waals surface area contributed by atoms with Crippen molar-refractivity contribution in [3.05, 3.63) is 17.3 Å². The van der Waals surface area contributed by atoms with Crippen LogP contribution in [0.2, 0.25) is 0 Å². The Kier molecular flexibility index (Phi) is 3.43. The summed E-state index contributed by atoms with van der Waals surface area (Å²) in [5.74, 6) is 0.974. The van der Waals surface area contributed by atoms with E-state index >= 15 is 0 Å². The summed E-state index contributed by atoms with van der Waals surface area (Å²) < 4.78 is 0. The van der Waals surface area contributed by atoms with Crippen molar-refractivity contribution >= 4 is 27.4 Å². The number of hydrogen-bond donors (Lipinski definition) is 2. The van der Waals surface area contributed by atoms with E-state index in [0.29, 0.717) is 6.04 Å². The van der Waals surface area contributed by atoms with Crippen molar-refractivity contribution in [2.45, 2.75) is 32.2 Å². The molecule has 0 radical (unpaired) electrons. The van der Waals surface area contributed by atoms with Crippen LogP contribution in [0.1, 0.15) is 24.1 Å². The van der Waals surface area contributed by atoms with E-state index in [1.54, 1.807) is 17.7 Å². The zero-order valence-electron chi connectivity index (χ0n) is 10.6. The van der Waals surface area contributed by atoms with Gasteiger partial charge in [0.15, 0.2) is 0 Å². The third-order valence-corrected chi connectivity index (χ3v) is 4.36. The molecular formula is C13H18N4S. The summed E-state index contributed by atoms with van der Waals surface area (Å²) in [7, 11) is 0. The number of nitrogens with one attached hydrogen (secondary N) is 2. The van der Waals surface area contributed by atoms with Crippen LogP contribution < -0.4 is 10.6 Å². The van der Waals surface area contributed by atoms with Crippen LogP contribution in [-0.4, -0.2) is 29.1 Å². The van der Waals surface area contributed by atoms with Gasteiger partial charge in [0.05, 0.1) is 5.39 Å². The quantitative estimate of drug-likeness (QED) is 0.889. The fraction of sp³-hybridized carbons (Fsp3) is 0.538. The van der Waals surface area contributed by atoms with E-state index < -0.39 is 0 Å². The predicted molar refractivity (Wildman–Crippen MR) is 76.3 cm³/mol. The first-order valence-corrected chi connectivity index (χ1v) is 7.33. The number of aromatic nitrogens is 2. The highest BCUT2D eigenvalue weighted by Crippen LogP contribution is 2.27. The molecule has 2 N–H and O–H groups in total. The normalized spacial score (nSPS) is 19.5. The van der Waals surface area contributed by atoms with Crippen molar-refractivity contribution in [1.82, 2.24) is 15.3 Å². The number of fused-ring (bicyclic) bond motifs is 1. The molecule has 96 valence electrons. The van der Waals surface area contributed by atoms with E-state index in [-0.39, 0.29) is 0 Å². The second-order valence-electron chi connectivity index (χ2n) is 4.81. The van der Waals surface area contributed by atoms with Crippen LogP contribution in [0.3, 0.4) is 0 Å². The average Bonchev–Trinajstić information content (AvgIpc) is 2.97. The Morgan fingerprint density at radius 1 is 1.50 bits per heavy atom. The molecule has 0 aliphatic carbocycles. The van der Waals surface area contributed by atoms with Gasteiger partial charge in [-0.25, -0.2) is 9.97 Å². The number of aryl methyl sites for hydroxylation is 1. The van der Waals surface area contributed by atoms with E-state index in [2.05, 4.69) is 33.6 Å². The van der Waals surface area contributed by atoms with Crippen LogP contribution in [0.5, 0.6) is 0 Å². The highest BCUT2D eigenvalue weighted by atomic mass is 32.1. The van der Waals surface area contributed by atoms with Gasteiger partial charge in [0, 0.05) is 17.5 Å². The maximum absolute atomic E-state index is 4.35. The molecule has 2 aromatic heterocycles. The number of hydrogen-bond acceptors (Lipinski definition) is 5. The molecule has 0 amide bonds. The highest BCUT2D eigenvalue weighted by molar-refractivity contribution is 7.18. The summed E-state index contributed by atoms with van der Waals surface area (Å²) in [4.78, 5) is 11.0. The van der Waals surface area contributed by atoms with Crippen LogP contribution in [0, 0.1) is 6.92 Å². The number of anilines is 1. The van der Waals surface area contributed by atoms with Gasteiger partial charge in [-0.1, -0.05) is 0 Å². The lowest BCUT2D eigenvalue weighted by molar-refractivity contribution is 0.574. The molecule has 3 heterocycles. The van der Waals surface area contributed by atoms with Gasteiger partial charge < -0.3 is 10.6 Å². The summed E-state index contributed by atoms with van der Waals surface area (Å²) in [6.07, 6.45) is 5.42. The molecule has 5 heteroatoms. The largest absolute Gasteiger partial charge is 0.369 e. The summed E-state index contributed by atoms with van der Waals surface area (Å²) in [6, 6.07) is 2.84. The molecule has 0 saturated carbocycles. The topological polar surface area (TPSA) is 49.8 Å². The Balaban J connectivity index is 1.66. The molecule has 1 atom stereocenters. The molecule has 1 aliphatic heterocycles. The number of nitrogens with zero attached hydrogens (tertiary/aromatic N) is 2. The lowest BCUT2D eigenvalue weighted by atomic mass is 10.1. The van der Waals surface area contributed by atoms with Gasteiger partial charge >= 0.3 is 0 Å². The minimum atomic E-state index is 0.680. The summed E-state index contributed by atoms with van der Waals surface area (Å²) in [6.45, 7) is 4.25. The molecule has 1 fully saturated rings. The number of rotatable bonds is 4. The van der Waals surface area contributed by atoms with Gasteiger partial charge in [-0.3, -0.25) is 0 Å². The Hall–Kier alpha value is -1.20. The average molecular weight is 262 g/mol. The van der Waals surface area contributed by atoms with Crippen molar-refractivity contribution in [3.8, 4) is 0 Å². The molecule has 2 aromatic rings. The first-order chi connectivity index (χ1) is 8.83. The highest BCUT2D eigenvalue weighted by Gasteiger charge is 2.13. The molecule has 1 unspecified atom stereocenters. The van der Waals surface area contributed by atoms with Crippen LogP contribution in [0.25, 0.3) is 10.2 Å². The minimum absolute atomic E-state index is 0.680. The second-order valence-corrected chi connectivity index (χ2v) is 6.04.